The lowest BCUT2D eigenvalue weighted by Crippen LogP contribution is -2.44. The summed E-state index contributed by atoms with van der Waals surface area (Å²) >= 11 is 0. The molecule has 7 heteroatoms. The lowest BCUT2D eigenvalue weighted by molar-refractivity contribution is -0.139. The van der Waals surface area contributed by atoms with E-state index >= 15 is 0 Å². The summed E-state index contributed by atoms with van der Waals surface area (Å²) in [5, 5.41) is 10.5. The van der Waals surface area contributed by atoms with E-state index in [-0.39, 0.29) is 11.8 Å². The highest BCUT2D eigenvalue weighted by Crippen LogP contribution is 2.19. The van der Waals surface area contributed by atoms with Crippen LogP contribution in [0.5, 0.6) is 0 Å². The number of carbonyl (C=O) groups is 2. The molecule has 0 radical (unpaired) electrons. The van der Waals surface area contributed by atoms with Crippen LogP contribution in [-0.4, -0.2) is 45.2 Å². The van der Waals surface area contributed by atoms with Gasteiger partial charge < -0.3 is 0 Å². The number of aromatic nitrogens is 2. The molecule has 2 amide bonds. The minimum Gasteiger partial charge on any atom is -0.273 e. The number of hydrazine groups is 1. The topological polar surface area (TPSA) is 79.5 Å². The Hall–Kier alpha value is -2.70. The van der Waals surface area contributed by atoms with Gasteiger partial charge in [0.1, 0.15) is 11.0 Å². The number of nitrogens with zero attached hydrogens (tertiary/aromatic N) is 4. The summed E-state index contributed by atoms with van der Waals surface area (Å²) in [5.41, 5.74) is 1.59. The third-order valence-electron chi connectivity index (χ3n) is 3.58. The van der Waals surface area contributed by atoms with Crippen molar-refractivity contribution in [3.8, 4) is 0 Å². The van der Waals surface area contributed by atoms with Crippen molar-refractivity contribution in [3.63, 3.8) is 0 Å². The van der Waals surface area contributed by atoms with Gasteiger partial charge in [0, 0.05) is 25.1 Å². The first kappa shape index (κ1) is 14.2. The Bertz CT molecular complexity index is 737. The SMILES string of the molecule is CC=CCC(=O)N1CCCN1C(=O)c1ccc2nonc2c1. The van der Waals surface area contributed by atoms with Gasteiger partial charge in [-0.3, -0.25) is 14.6 Å². The monoisotopic (exact) mass is 300 g/mol. The normalized spacial score (nSPS) is 15.1. The first-order chi connectivity index (χ1) is 10.7. The minimum absolute atomic E-state index is 0.0758. The largest absolute Gasteiger partial charge is 0.273 e. The molecular formula is C15H16N4O3. The zero-order chi connectivity index (χ0) is 15.5. The molecule has 0 bridgehead atoms. The molecule has 1 saturated heterocycles. The molecule has 0 saturated carbocycles. The molecule has 0 unspecified atom stereocenters. The minimum atomic E-state index is -0.212. The molecule has 1 aliphatic heterocycles. The molecule has 2 aromatic rings. The van der Waals surface area contributed by atoms with Crippen LogP contribution >= 0.6 is 0 Å². The van der Waals surface area contributed by atoms with Gasteiger partial charge in [0.2, 0.25) is 5.91 Å². The summed E-state index contributed by atoms with van der Waals surface area (Å²) in [7, 11) is 0. The van der Waals surface area contributed by atoms with Gasteiger partial charge in [-0.1, -0.05) is 12.2 Å². The van der Waals surface area contributed by atoms with Crippen molar-refractivity contribution in [2.45, 2.75) is 19.8 Å². The molecule has 1 aliphatic rings. The van der Waals surface area contributed by atoms with Crippen LogP contribution in [-0.2, 0) is 4.79 Å². The Morgan fingerprint density at radius 3 is 2.82 bits per heavy atom. The Morgan fingerprint density at radius 1 is 1.23 bits per heavy atom. The fourth-order valence-electron chi connectivity index (χ4n) is 2.47. The van der Waals surface area contributed by atoms with Crippen LogP contribution in [0.2, 0.25) is 0 Å². The summed E-state index contributed by atoms with van der Waals surface area (Å²) in [6.07, 6.45) is 4.69. The van der Waals surface area contributed by atoms with Crippen molar-refractivity contribution in [1.82, 2.24) is 20.3 Å². The lowest BCUT2D eigenvalue weighted by atomic mass is 10.2. The highest BCUT2D eigenvalue weighted by Gasteiger charge is 2.30. The molecule has 7 nitrogen and oxygen atoms in total. The number of allylic oxidation sites excluding steroid dienone is 1. The predicted octanol–water partition coefficient (Wildman–Crippen LogP) is 1.78. The third-order valence-corrected chi connectivity index (χ3v) is 3.58. The number of amides is 2. The molecule has 0 spiro atoms. The second kappa shape index (κ2) is 5.97. The maximum absolute atomic E-state index is 12.6. The van der Waals surface area contributed by atoms with Crippen LogP contribution in [0.3, 0.4) is 0 Å². The average Bonchev–Trinajstić information content (AvgIpc) is 3.19. The molecule has 114 valence electrons. The summed E-state index contributed by atoms with van der Waals surface area (Å²) in [6.45, 7) is 2.97. The van der Waals surface area contributed by atoms with E-state index in [1.54, 1.807) is 24.3 Å². The lowest BCUT2D eigenvalue weighted by Gasteiger charge is -2.27. The van der Waals surface area contributed by atoms with E-state index in [2.05, 4.69) is 14.9 Å². The van der Waals surface area contributed by atoms with Gasteiger partial charge in [-0.2, -0.15) is 0 Å². The molecule has 1 fully saturated rings. The van der Waals surface area contributed by atoms with E-state index in [1.807, 2.05) is 13.0 Å². The number of carbonyl (C=O) groups excluding carboxylic acids is 2. The first-order valence-corrected chi connectivity index (χ1v) is 7.16. The number of hydrogen-bond acceptors (Lipinski definition) is 5. The van der Waals surface area contributed by atoms with Gasteiger partial charge in [-0.15, -0.1) is 0 Å². The van der Waals surface area contributed by atoms with E-state index in [0.29, 0.717) is 36.1 Å². The Labute approximate surface area is 127 Å². The summed E-state index contributed by atoms with van der Waals surface area (Å²) in [4.78, 5) is 24.8. The number of rotatable bonds is 3. The quantitative estimate of drug-likeness (QED) is 0.807. The van der Waals surface area contributed by atoms with Gasteiger partial charge in [-0.25, -0.2) is 9.64 Å². The standard InChI is InChI=1S/C15H16N4O3/c1-2-3-5-14(20)18-8-4-9-19(18)15(21)11-6-7-12-13(10-11)17-22-16-12/h2-3,6-7,10H,4-5,8-9H2,1H3. The van der Waals surface area contributed by atoms with Crippen LogP contribution in [0, 0.1) is 0 Å². The smallest absolute Gasteiger partial charge is 0.272 e. The molecule has 2 heterocycles. The molecule has 1 aromatic heterocycles. The van der Waals surface area contributed by atoms with Crippen LogP contribution in [0.1, 0.15) is 30.1 Å². The summed E-state index contributed by atoms with van der Waals surface area (Å²) < 4.78 is 4.63. The molecule has 0 N–H and O–H groups in total. The number of fused-ring (bicyclic) bond motifs is 1. The van der Waals surface area contributed by atoms with Crippen LogP contribution < -0.4 is 0 Å². The van der Waals surface area contributed by atoms with Gasteiger partial charge in [-0.05, 0) is 41.9 Å². The second-order valence-corrected chi connectivity index (χ2v) is 5.04. The predicted molar refractivity (Wildman–Crippen MR) is 78.6 cm³/mol. The Morgan fingerprint density at radius 2 is 2.00 bits per heavy atom. The zero-order valence-electron chi connectivity index (χ0n) is 12.2. The molecule has 22 heavy (non-hydrogen) atoms. The van der Waals surface area contributed by atoms with Gasteiger partial charge in [0.15, 0.2) is 0 Å². The highest BCUT2D eigenvalue weighted by atomic mass is 16.6. The van der Waals surface area contributed by atoms with Crippen molar-refractivity contribution in [2.24, 2.45) is 0 Å². The Balaban J connectivity index is 1.81. The van der Waals surface area contributed by atoms with Crippen LogP contribution in [0.15, 0.2) is 35.0 Å². The van der Waals surface area contributed by atoms with Crippen molar-refractivity contribution in [1.29, 1.82) is 0 Å². The number of benzene rings is 1. The molecular weight excluding hydrogens is 284 g/mol. The van der Waals surface area contributed by atoms with Crippen molar-refractivity contribution < 1.29 is 14.2 Å². The van der Waals surface area contributed by atoms with Crippen molar-refractivity contribution in [3.05, 3.63) is 35.9 Å². The fraction of sp³-hybridized carbons (Fsp3) is 0.333. The van der Waals surface area contributed by atoms with E-state index in [4.69, 9.17) is 0 Å². The molecule has 3 rings (SSSR count). The first-order valence-electron chi connectivity index (χ1n) is 7.16. The maximum atomic E-state index is 12.6. The van der Waals surface area contributed by atoms with E-state index in [0.717, 1.165) is 6.42 Å². The van der Waals surface area contributed by atoms with Crippen LogP contribution in [0.25, 0.3) is 11.0 Å². The molecule has 0 atom stereocenters. The van der Waals surface area contributed by atoms with E-state index < -0.39 is 0 Å². The van der Waals surface area contributed by atoms with Gasteiger partial charge >= 0.3 is 0 Å². The summed E-state index contributed by atoms with van der Waals surface area (Å²) in [5.74, 6) is -0.288. The highest BCUT2D eigenvalue weighted by molar-refractivity contribution is 5.98. The van der Waals surface area contributed by atoms with Gasteiger partial charge in [0.25, 0.3) is 5.91 Å². The Kier molecular flexibility index (Phi) is 3.86. The number of hydrogen-bond donors (Lipinski definition) is 0. The average molecular weight is 300 g/mol. The van der Waals surface area contributed by atoms with Gasteiger partial charge in [0.05, 0.1) is 0 Å². The molecule has 0 aliphatic carbocycles. The van der Waals surface area contributed by atoms with Crippen molar-refractivity contribution in [2.75, 3.05) is 13.1 Å². The third kappa shape index (κ3) is 2.57. The molecule has 1 aromatic carbocycles. The summed E-state index contributed by atoms with van der Waals surface area (Å²) in [6, 6.07) is 4.98. The second-order valence-electron chi connectivity index (χ2n) is 5.04. The maximum Gasteiger partial charge on any atom is 0.272 e. The van der Waals surface area contributed by atoms with E-state index in [1.165, 1.54) is 10.0 Å². The zero-order valence-corrected chi connectivity index (χ0v) is 12.2. The van der Waals surface area contributed by atoms with Crippen LogP contribution in [0.4, 0.5) is 0 Å². The fourth-order valence-corrected chi connectivity index (χ4v) is 2.47. The van der Waals surface area contributed by atoms with E-state index in [9.17, 15) is 9.59 Å². The van der Waals surface area contributed by atoms with Crippen molar-refractivity contribution >= 4 is 22.8 Å².